The number of nitrogens with two attached hydrogens (primary N) is 1. The molecule has 18 heavy (non-hydrogen) atoms. The van der Waals surface area contributed by atoms with Gasteiger partial charge in [-0.1, -0.05) is 6.07 Å². The summed E-state index contributed by atoms with van der Waals surface area (Å²) in [6.07, 6.45) is 2.78. The lowest BCUT2D eigenvalue weighted by atomic mass is 10.2. The predicted molar refractivity (Wildman–Crippen MR) is 69.9 cm³/mol. The van der Waals surface area contributed by atoms with E-state index >= 15 is 0 Å². The Balaban J connectivity index is 2.24. The Hall–Kier alpha value is -2.02. The number of anilines is 2. The maximum absolute atomic E-state index is 11.5. The van der Waals surface area contributed by atoms with Crippen LogP contribution in [0.5, 0.6) is 0 Å². The van der Waals surface area contributed by atoms with Crippen LogP contribution < -0.4 is 11.1 Å². The maximum Gasteiger partial charge on any atom is 0.177 e. The third-order valence-corrected chi connectivity index (χ3v) is 3.65. The molecule has 0 fully saturated rings. The lowest BCUT2D eigenvalue weighted by Gasteiger charge is -2.11. The number of para-hydroxylation sites is 1. The second-order valence-electron chi connectivity index (χ2n) is 3.92. The molecular weight excluding hydrogens is 252 g/mol. The lowest BCUT2D eigenvalue weighted by molar-refractivity contribution is 0.602. The quantitative estimate of drug-likeness (QED) is 0.717. The highest BCUT2D eigenvalue weighted by atomic mass is 32.2. The Labute approximate surface area is 105 Å². The summed E-state index contributed by atoms with van der Waals surface area (Å²) < 4.78 is 23.0. The van der Waals surface area contributed by atoms with Crippen molar-refractivity contribution >= 4 is 21.2 Å². The first kappa shape index (κ1) is 12.4. The smallest absolute Gasteiger partial charge is 0.177 e. The Morgan fingerprint density at radius 2 is 2.17 bits per heavy atom. The number of hydrogen-bond acceptors (Lipinski definition) is 5. The van der Waals surface area contributed by atoms with Crippen LogP contribution in [0.3, 0.4) is 0 Å². The Bertz CT molecular complexity index is 635. The molecule has 0 atom stereocenters. The first-order valence-electron chi connectivity index (χ1n) is 5.29. The Morgan fingerprint density at radius 1 is 1.39 bits per heavy atom. The molecule has 0 aliphatic carbocycles. The number of aromatic nitrogens is 2. The third kappa shape index (κ3) is 2.62. The Kier molecular flexibility index (Phi) is 3.24. The van der Waals surface area contributed by atoms with E-state index in [4.69, 9.17) is 5.73 Å². The van der Waals surface area contributed by atoms with Crippen LogP contribution in [0.4, 0.5) is 11.4 Å². The molecular formula is C11H14N4O2S. The zero-order valence-electron chi connectivity index (χ0n) is 9.84. The van der Waals surface area contributed by atoms with E-state index in [2.05, 4.69) is 15.5 Å². The standard InChI is InChI=1S/C11H14N4O2S/c1-18(16,17)10-4-2-3-9(11(10)12)13-7-8-5-6-14-15-8/h2-6,13H,7,12H2,1H3,(H,14,15). The van der Waals surface area contributed by atoms with Crippen LogP contribution in [-0.4, -0.2) is 24.9 Å². The molecule has 0 aliphatic rings. The second kappa shape index (κ2) is 4.69. The van der Waals surface area contributed by atoms with Crippen LogP contribution in [0, 0.1) is 0 Å². The van der Waals surface area contributed by atoms with Gasteiger partial charge in [0.05, 0.1) is 28.5 Å². The minimum Gasteiger partial charge on any atom is -0.396 e. The van der Waals surface area contributed by atoms with Gasteiger partial charge in [-0.15, -0.1) is 0 Å². The number of H-pyrrole nitrogens is 1. The summed E-state index contributed by atoms with van der Waals surface area (Å²) in [4.78, 5) is 0.136. The van der Waals surface area contributed by atoms with Crippen molar-refractivity contribution in [2.24, 2.45) is 0 Å². The first-order valence-corrected chi connectivity index (χ1v) is 7.18. The Morgan fingerprint density at radius 3 is 2.78 bits per heavy atom. The molecule has 1 aromatic heterocycles. The van der Waals surface area contributed by atoms with E-state index in [-0.39, 0.29) is 10.6 Å². The molecule has 2 rings (SSSR count). The van der Waals surface area contributed by atoms with Gasteiger partial charge < -0.3 is 11.1 Å². The summed E-state index contributed by atoms with van der Waals surface area (Å²) in [5.41, 5.74) is 7.56. The van der Waals surface area contributed by atoms with Crippen LogP contribution in [-0.2, 0) is 16.4 Å². The number of benzene rings is 1. The lowest BCUT2D eigenvalue weighted by Crippen LogP contribution is -2.07. The van der Waals surface area contributed by atoms with Gasteiger partial charge in [-0.05, 0) is 18.2 Å². The molecule has 0 bridgehead atoms. The van der Waals surface area contributed by atoms with Crippen LogP contribution in [0.2, 0.25) is 0 Å². The highest BCUT2D eigenvalue weighted by molar-refractivity contribution is 7.90. The number of nitrogens with one attached hydrogen (secondary N) is 2. The molecule has 0 unspecified atom stereocenters. The number of nitrogen functional groups attached to an aromatic ring is 1. The summed E-state index contributed by atoms with van der Waals surface area (Å²) >= 11 is 0. The summed E-state index contributed by atoms with van der Waals surface area (Å²) in [5.74, 6) is 0. The highest BCUT2D eigenvalue weighted by Gasteiger charge is 2.13. The molecule has 4 N–H and O–H groups in total. The third-order valence-electron chi connectivity index (χ3n) is 2.49. The number of hydrogen-bond donors (Lipinski definition) is 3. The van der Waals surface area contributed by atoms with Gasteiger partial charge in [0.25, 0.3) is 0 Å². The number of nitrogens with zero attached hydrogens (tertiary/aromatic N) is 1. The minimum absolute atomic E-state index is 0.136. The molecule has 0 saturated carbocycles. The van der Waals surface area contributed by atoms with Crippen molar-refractivity contribution in [3.05, 3.63) is 36.2 Å². The van der Waals surface area contributed by atoms with Gasteiger partial charge >= 0.3 is 0 Å². The van der Waals surface area contributed by atoms with Gasteiger partial charge in [0.1, 0.15) is 0 Å². The summed E-state index contributed by atoms with van der Waals surface area (Å²) in [6.45, 7) is 0.497. The van der Waals surface area contributed by atoms with Gasteiger partial charge in [0.15, 0.2) is 9.84 Å². The minimum atomic E-state index is -3.31. The molecule has 96 valence electrons. The molecule has 0 radical (unpaired) electrons. The SMILES string of the molecule is CS(=O)(=O)c1cccc(NCc2ccn[nH]2)c1N. The summed E-state index contributed by atoms with van der Waals surface area (Å²) in [7, 11) is -3.31. The fourth-order valence-corrected chi connectivity index (χ4v) is 2.43. The molecule has 0 aliphatic heterocycles. The zero-order chi connectivity index (χ0) is 13.2. The fourth-order valence-electron chi connectivity index (χ4n) is 1.60. The zero-order valence-corrected chi connectivity index (χ0v) is 10.7. The molecule has 0 saturated heterocycles. The van der Waals surface area contributed by atoms with Crippen LogP contribution in [0.15, 0.2) is 35.4 Å². The maximum atomic E-state index is 11.5. The average molecular weight is 266 g/mol. The van der Waals surface area contributed by atoms with Crippen molar-refractivity contribution in [2.45, 2.75) is 11.4 Å². The van der Waals surface area contributed by atoms with Crippen molar-refractivity contribution in [2.75, 3.05) is 17.3 Å². The molecule has 7 heteroatoms. The van der Waals surface area contributed by atoms with Gasteiger partial charge in [0, 0.05) is 12.5 Å². The van der Waals surface area contributed by atoms with Crippen molar-refractivity contribution in [1.82, 2.24) is 10.2 Å². The second-order valence-corrected chi connectivity index (χ2v) is 5.91. The largest absolute Gasteiger partial charge is 0.396 e. The topological polar surface area (TPSA) is 101 Å². The summed E-state index contributed by atoms with van der Waals surface area (Å²) in [5, 5.41) is 9.69. The fraction of sp³-hybridized carbons (Fsp3) is 0.182. The average Bonchev–Trinajstić information content (AvgIpc) is 2.79. The predicted octanol–water partition coefficient (Wildman–Crippen LogP) is 1.01. The number of sulfone groups is 1. The van der Waals surface area contributed by atoms with E-state index in [9.17, 15) is 8.42 Å². The first-order chi connectivity index (χ1) is 8.48. The number of aromatic amines is 1. The van der Waals surface area contributed by atoms with E-state index in [1.165, 1.54) is 6.07 Å². The van der Waals surface area contributed by atoms with Gasteiger partial charge in [-0.25, -0.2) is 8.42 Å². The van der Waals surface area contributed by atoms with Crippen molar-refractivity contribution in [3.63, 3.8) is 0 Å². The highest BCUT2D eigenvalue weighted by Crippen LogP contribution is 2.26. The monoisotopic (exact) mass is 266 g/mol. The van der Waals surface area contributed by atoms with Gasteiger partial charge in [-0.2, -0.15) is 5.10 Å². The molecule has 6 nitrogen and oxygen atoms in total. The normalized spacial score (nSPS) is 11.4. The van der Waals surface area contributed by atoms with Crippen molar-refractivity contribution in [3.8, 4) is 0 Å². The van der Waals surface area contributed by atoms with Gasteiger partial charge in [0.2, 0.25) is 0 Å². The van der Waals surface area contributed by atoms with Crippen LogP contribution >= 0.6 is 0 Å². The molecule has 0 spiro atoms. The van der Waals surface area contributed by atoms with Crippen LogP contribution in [0.25, 0.3) is 0 Å². The summed E-state index contributed by atoms with van der Waals surface area (Å²) in [6, 6.07) is 6.71. The van der Waals surface area contributed by atoms with E-state index in [1.54, 1.807) is 18.3 Å². The molecule has 2 aromatic rings. The number of rotatable bonds is 4. The van der Waals surface area contributed by atoms with Gasteiger partial charge in [-0.3, -0.25) is 5.10 Å². The molecule has 1 aromatic carbocycles. The van der Waals surface area contributed by atoms with E-state index in [0.29, 0.717) is 12.2 Å². The van der Waals surface area contributed by atoms with Crippen LogP contribution in [0.1, 0.15) is 5.69 Å². The van der Waals surface area contributed by atoms with E-state index < -0.39 is 9.84 Å². The van der Waals surface area contributed by atoms with Crippen molar-refractivity contribution in [1.29, 1.82) is 0 Å². The molecule has 0 amide bonds. The molecule has 1 heterocycles. The van der Waals surface area contributed by atoms with E-state index in [0.717, 1.165) is 11.9 Å². The van der Waals surface area contributed by atoms with Crippen molar-refractivity contribution < 1.29 is 8.42 Å². The van der Waals surface area contributed by atoms with E-state index in [1.807, 2.05) is 6.07 Å².